The van der Waals surface area contributed by atoms with E-state index in [0.29, 0.717) is 5.82 Å². The Kier molecular flexibility index (Phi) is 3.13. The molecule has 1 aromatic rings. The number of nitrogens with zero attached hydrogens (tertiary/aromatic N) is 2. The number of anilines is 1. The van der Waals surface area contributed by atoms with Gasteiger partial charge in [0, 0.05) is 12.3 Å². The van der Waals surface area contributed by atoms with Crippen molar-refractivity contribution in [2.75, 3.05) is 11.7 Å². The van der Waals surface area contributed by atoms with E-state index in [0.717, 1.165) is 11.6 Å². The van der Waals surface area contributed by atoms with E-state index in [2.05, 4.69) is 15.4 Å². The molecular weight excluding hydrogens is 160 g/mol. The molecule has 5 heteroatoms. The lowest BCUT2D eigenvalue weighted by Crippen LogP contribution is -2.09. The van der Waals surface area contributed by atoms with E-state index in [1.807, 2.05) is 6.26 Å². The molecule has 0 amide bonds. The molecule has 0 unspecified atom stereocenters. The zero-order valence-electron chi connectivity index (χ0n) is 6.24. The number of rotatable bonds is 3. The summed E-state index contributed by atoms with van der Waals surface area (Å²) in [6.07, 6.45) is 3.69. The quantitative estimate of drug-likeness (QED) is 0.514. The molecule has 0 fully saturated rings. The monoisotopic (exact) mass is 170 g/mol. The molecule has 60 valence electrons. The molecule has 0 aliphatic heterocycles. The molecule has 0 aliphatic carbocycles. The molecule has 1 heterocycles. The maximum absolute atomic E-state index is 5.17. The van der Waals surface area contributed by atoms with Gasteiger partial charge in [-0.25, -0.2) is 15.8 Å². The van der Waals surface area contributed by atoms with Gasteiger partial charge in [-0.2, -0.15) is 11.8 Å². The van der Waals surface area contributed by atoms with Crippen LogP contribution in [-0.4, -0.2) is 16.2 Å². The summed E-state index contributed by atoms with van der Waals surface area (Å²) >= 11 is 1.68. The minimum absolute atomic E-state index is 0.657. The predicted molar refractivity (Wildman–Crippen MR) is 47.1 cm³/mol. The summed E-state index contributed by atoms with van der Waals surface area (Å²) in [5.41, 5.74) is 2.47. The summed E-state index contributed by atoms with van der Waals surface area (Å²) in [6, 6.07) is 1.73. The van der Waals surface area contributed by atoms with Crippen molar-refractivity contribution in [1.82, 2.24) is 9.97 Å². The highest BCUT2D eigenvalue weighted by atomic mass is 32.2. The molecule has 0 radical (unpaired) electrons. The van der Waals surface area contributed by atoms with Crippen molar-refractivity contribution in [2.45, 2.75) is 5.75 Å². The van der Waals surface area contributed by atoms with E-state index in [1.165, 1.54) is 0 Å². The zero-order chi connectivity index (χ0) is 8.10. The van der Waals surface area contributed by atoms with Gasteiger partial charge in [-0.15, -0.1) is 0 Å². The number of hydrazine groups is 1. The normalized spacial score (nSPS) is 9.64. The van der Waals surface area contributed by atoms with Crippen LogP contribution >= 0.6 is 11.8 Å². The Morgan fingerprint density at radius 1 is 1.73 bits per heavy atom. The van der Waals surface area contributed by atoms with Crippen LogP contribution in [0.1, 0.15) is 5.82 Å². The lowest BCUT2D eigenvalue weighted by molar-refractivity contribution is 1.03. The zero-order valence-corrected chi connectivity index (χ0v) is 7.06. The van der Waals surface area contributed by atoms with Crippen molar-refractivity contribution >= 4 is 17.6 Å². The number of aromatic nitrogens is 2. The van der Waals surface area contributed by atoms with E-state index in [9.17, 15) is 0 Å². The predicted octanol–water partition coefficient (Wildman–Crippen LogP) is 0.625. The van der Waals surface area contributed by atoms with Crippen LogP contribution in [0.15, 0.2) is 12.3 Å². The molecule has 0 bridgehead atoms. The molecule has 0 atom stereocenters. The third kappa shape index (κ3) is 2.36. The first-order chi connectivity index (χ1) is 5.36. The van der Waals surface area contributed by atoms with Crippen LogP contribution in [-0.2, 0) is 5.75 Å². The summed E-state index contributed by atoms with van der Waals surface area (Å²) in [4.78, 5) is 8.16. The van der Waals surface area contributed by atoms with Crippen LogP contribution in [0.3, 0.4) is 0 Å². The van der Waals surface area contributed by atoms with Gasteiger partial charge in [-0.1, -0.05) is 0 Å². The number of thioether (sulfide) groups is 1. The van der Waals surface area contributed by atoms with Gasteiger partial charge in [0.15, 0.2) is 0 Å². The number of hydrogen-bond acceptors (Lipinski definition) is 5. The lowest BCUT2D eigenvalue weighted by Gasteiger charge is -1.99. The SMILES string of the molecule is CSCc1nccc(NN)n1. The topological polar surface area (TPSA) is 63.8 Å². The molecule has 4 nitrogen and oxygen atoms in total. The van der Waals surface area contributed by atoms with Crippen molar-refractivity contribution in [1.29, 1.82) is 0 Å². The number of nitrogens with one attached hydrogen (secondary N) is 1. The van der Waals surface area contributed by atoms with Crippen molar-refractivity contribution in [3.05, 3.63) is 18.1 Å². The molecule has 0 aromatic carbocycles. The van der Waals surface area contributed by atoms with Gasteiger partial charge in [0.05, 0.1) is 5.75 Å². The van der Waals surface area contributed by atoms with Crippen molar-refractivity contribution < 1.29 is 0 Å². The molecular formula is C6H10N4S. The second-order valence-corrected chi connectivity index (χ2v) is 2.80. The largest absolute Gasteiger partial charge is 0.308 e. The van der Waals surface area contributed by atoms with E-state index in [-0.39, 0.29) is 0 Å². The molecule has 3 N–H and O–H groups in total. The molecule has 0 spiro atoms. The van der Waals surface area contributed by atoms with Gasteiger partial charge in [-0.05, 0) is 6.26 Å². The fraction of sp³-hybridized carbons (Fsp3) is 0.333. The average molecular weight is 170 g/mol. The molecule has 1 rings (SSSR count). The fourth-order valence-electron chi connectivity index (χ4n) is 0.678. The maximum Gasteiger partial charge on any atom is 0.143 e. The van der Waals surface area contributed by atoms with Crippen LogP contribution < -0.4 is 11.3 Å². The Morgan fingerprint density at radius 3 is 3.18 bits per heavy atom. The minimum atomic E-state index is 0.657. The smallest absolute Gasteiger partial charge is 0.143 e. The Balaban J connectivity index is 2.74. The summed E-state index contributed by atoms with van der Waals surface area (Å²) < 4.78 is 0. The first kappa shape index (κ1) is 8.29. The minimum Gasteiger partial charge on any atom is -0.308 e. The number of nitrogens with two attached hydrogens (primary N) is 1. The summed E-state index contributed by atoms with van der Waals surface area (Å²) in [6.45, 7) is 0. The summed E-state index contributed by atoms with van der Waals surface area (Å²) in [5, 5.41) is 0. The second kappa shape index (κ2) is 4.15. The number of hydrogen-bond donors (Lipinski definition) is 2. The van der Waals surface area contributed by atoms with Gasteiger partial charge < -0.3 is 5.43 Å². The highest BCUT2D eigenvalue weighted by molar-refractivity contribution is 7.97. The molecule has 1 aromatic heterocycles. The van der Waals surface area contributed by atoms with E-state index >= 15 is 0 Å². The van der Waals surface area contributed by atoms with Gasteiger partial charge in [0.1, 0.15) is 11.6 Å². The van der Waals surface area contributed by atoms with Gasteiger partial charge in [0.25, 0.3) is 0 Å². The molecule has 0 aliphatic rings. The van der Waals surface area contributed by atoms with Gasteiger partial charge in [0.2, 0.25) is 0 Å². The van der Waals surface area contributed by atoms with E-state index in [4.69, 9.17) is 5.84 Å². The fourth-order valence-corrected chi connectivity index (χ4v) is 1.08. The van der Waals surface area contributed by atoms with Crippen LogP contribution in [0.2, 0.25) is 0 Å². The maximum atomic E-state index is 5.17. The Labute approximate surface area is 69.6 Å². The molecule has 0 saturated carbocycles. The summed E-state index contributed by atoms with van der Waals surface area (Å²) in [7, 11) is 0. The van der Waals surface area contributed by atoms with Crippen LogP contribution in [0, 0.1) is 0 Å². The number of nitrogen functional groups attached to an aromatic ring is 1. The van der Waals surface area contributed by atoms with Crippen molar-refractivity contribution in [2.24, 2.45) is 5.84 Å². The van der Waals surface area contributed by atoms with Gasteiger partial charge in [-0.3, -0.25) is 0 Å². The van der Waals surface area contributed by atoms with Gasteiger partial charge >= 0.3 is 0 Å². The highest BCUT2D eigenvalue weighted by Gasteiger charge is 1.95. The molecule has 0 saturated heterocycles. The third-order valence-corrected chi connectivity index (χ3v) is 1.67. The second-order valence-electron chi connectivity index (χ2n) is 1.94. The first-order valence-electron chi connectivity index (χ1n) is 3.14. The standard InChI is InChI=1S/C6H10N4S/c1-11-4-6-8-3-2-5(9-6)10-7/h2-3H,4,7H2,1H3,(H,8,9,10). The van der Waals surface area contributed by atoms with Crippen molar-refractivity contribution in [3.63, 3.8) is 0 Å². The van der Waals surface area contributed by atoms with E-state index in [1.54, 1.807) is 24.0 Å². The Hall–Kier alpha value is -0.810. The third-order valence-electron chi connectivity index (χ3n) is 1.13. The highest BCUT2D eigenvalue weighted by Crippen LogP contribution is 2.05. The first-order valence-corrected chi connectivity index (χ1v) is 4.53. The van der Waals surface area contributed by atoms with E-state index < -0.39 is 0 Å². The average Bonchev–Trinajstić information content (AvgIpc) is 2.06. The summed E-state index contributed by atoms with van der Waals surface area (Å²) in [5.74, 6) is 7.44. The van der Waals surface area contributed by atoms with Crippen LogP contribution in [0.25, 0.3) is 0 Å². The van der Waals surface area contributed by atoms with Crippen molar-refractivity contribution in [3.8, 4) is 0 Å². The Bertz CT molecular complexity index is 228. The molecule has 11 heavy (non-hydrogen) atoms. The van der Waals surface area contributed by atoms with Crippen LogP contribution in [0.5, 0.6) is 0 Å². The Morgan fingerprint density at radius 2 is 2.55 bits per heavy atom. The lowest BCUT2D eigenvalue weighted by atomic mass is 10.5. The van der Waals surface area contributed by atoms with Crippen LogP contribution in [0.4, 0.5) is 5.82 Å².